The van der Waals surface area contributed by atoms with Crippen LogP contribution in [0.5, 0.6) is 5.75 Å². The number of amides is 1. The predicted molar refractivity (Wildman–Crippen MR) is 119 cm³/mol. The monoisotopic (exact) mass is 407 g/mol. The smallest absolute Gasteiger partial charge is 0.227 e. The molecule has 2 aromatic carbocycles. The third kappa shape index (κ3) is 5.00. The van der Waals surface area contributed by atoms with Gasteiger partial charge >= 0.3 is 0 Å². The number of aromatic nitrogens is 1. The topological polar surface area (TPSA) is 58.8 Å². The standard InChI is InChI=1S/C24H29N3O3/c1-17-23(18(2)30-25-17)14-15-24(28)27(21-10-12-22(29-5)13-11-21)16-19-6-8-20(9-7-19)26(3)4/h6-13H,14-16H2,1-5H3. The second-order valence-corrected chi connectivity index (χ2v) is 7.54. The highest BCUT2D eigenvalue weighted by Crippen LogP contribution is 2.24. The molecule has 6 heteroatoms. The molecule has 0 saturated heterocycles. The number of anilines is 2. The highest BCUT2D eigenvalue weighted by atomic mass is 16.5. The molecule has 1 amide bonds. The molecule has 0 aliphatic heterocycles. The van der Waals surface area contributed by atoms with Crippen molar-refractivity contribution in [2.45, 2.75) is 33.2 Å². The third-order valence-corrected chi connectivity index (χ3v) is 5.25. The van der Waals surface area contributed by atoms with Crippen molar-refractivity contribution in [3.8, 4) is 5.75 Å². The van der Waals surface area contributed by atoms with Crippen molar-refractivity contribution in [1.29, 1.82) is 0 Å². The molecule has 0 spiro atoms. The minimum Gasteiger partial charge on any atom is -0.497 e. The van der Waals surface area contributed by atoms with Crippen LogP contribution in [0.4, 0.5) is 11.4 Å². The lowest BCUT2D eigenvalue weighted by Gasteiger charge is -2.24. The third-order valence-electron chi connectivity index (χ3n) is 5.25. The fourth-order valence-electron chi connectivity index (χ4n) is 3.39. The summed E-state index contributed by atoms with van der Waals surface area (Å²) in [6, 6.07) is 15.8. The van der Waals surface area contributed by atoms with Crippen LogP contribution >= 0.6 is 0 Å². The molecule has 0 fully saturated rings. The summed E-state index contributed by atoms with van der Waals surface area (Å²) in [5.41, 5.74) is 4.89. The number of carbonyl (C=O) groups excluding carboxylic acids is 1. The van der Waals surface area contributed by atoms with E-state index >= 15 is 0 Å². The highest BCUT2D eigenvalue weighted by Gasteiger charge is 2.19. The lowest BCUT2D eigenvalue weighted by Crippen LogP contribution is -2.30. The van der Waals surface area contributed by atoms with Crippen LogP contribution in [0, 0.1) is 13.8 Å². The van der Waals surface area contributed by atoms with Crippen LogP contribution in [-0.2, 0) is 17.8 Å². The Hall–Kier alpha value is -3.28. The van der Waals surface area contributed by atoms with Crippen molar-refractivity contribution in [2.75, 3.05) is 31.0 Å². The van der Waals surface area contributed by atoms with E-state index in [-0.39, 0.29) is 5.91 Å². The fourth-order valence-corrected chi connectivity index (χ4v) is 3.39. The van der Waals surface area contributed by atoms with Crippen LogP contribution in [0.25, 0.3) is 0 Å². The first-order valence-corrected chi connectivity index (χ1v) is 10.0. The average Bonchev–Trinajstić information content (AvgIpc) is 3.08. The lowest BCUT2D eigenvalue weighted by molar-refractivity contribution is -0.118. The van der Waals surface area contributed by atoms with Crippen LogP contribution in [0.15, 0.2) is 53.1 Å². The summed E-state index contributed by atoms with van der Waals surface area (Å²) in [5.74, 6) is 1.59. The van der Waals surface area contributed by atoms with Gasteiger partial charge in [-0.1, -0.05) is 17.3 Å². The average molecular weight is 408 g/mol. The van der Waals surface area contributed by atoms with Crippen molar-refractivity contribution in [3.63, 3.8) is 0 Å². The first kappa shape index (κ1) is 21.4. The maximum atomic E-state index is 13.2. The molecule has 6 nitrogen and oxygen atoms in total. The Morgan fingerprint density at radius 3 is 2.17 bits per heavy atom. The molecule has 0 saturated carbocycles. The molecule has 3 rings (SSSR count). The summed E-state index contributed by atoms with van der Waals surface area (Å²) in [4.78, 5) is 17.1. The second-order valence-electron chi connectivity index (χ2n) is 7.54. The first-order chi connectivity index (χ1) is 14.4. The Balaban J connectivity index is 1.81. The van der Waals surface area contributed by atoms with Gasteiger partial charge in [0.05, 0.1) is 19.3 Å². The van der Waals surface area contributed by atoms with E-state index in [2.05, 4.69) is 34.3 Å². The molecule has 0 N–H and O–H groups in total. The Morgan fingerprint density at radius 1 is 1.00 bits per heavy atom. The molecule has 0 atom stereocenters. The van der Waals surface area contributed by atoms with E-state index in [1.54, 1.807) is 7.11 Å². The van der Waals surface area contributed by atoms with Crippen molar-refractivity contribution >= 4 is 17.3 Å². The molecule has 0 aliphatic rings. The van der Waals surface area contributed by atoms with Gasteiger partial charge in [-0.25, -0.2) is 0 Å². The van der Waals surface area contributed by atoms with Gasteiger partial charge in [-0.3, -0.25) is 4.79 Å². The quantitative estimate of drug-likeness (QED) is 0.549. The van der Waals surface area contributed by atoms with Crippen LogP contribution in [0.2, 0.25) is 0 Å². The van der Waals surface area contributed by atoms with E-state index in [0.29, 0.717) is 19.4 Å². The van der Waals surface area contributed by atoms with Crippen molar-refractivity contribution in [3.05, 3.63) is 71.1 Å². The molecule has 0 aliphatic carbocycles. The number of hydrogen-bond acceptors (Lipinski definition) is 5. The Morgan fingerprint density at radius 2 is 1.63 bits per heavy atom. The van der Waals surface area contributed by atoms with Gasteiger partial charge in [0.15, 0.2) is 0 Å². The van der Waals surface area contributed by atoms with Crippen molar-refractivity contribution in [2.24, 2.45) is 0 Å². The molecule has 1 aromatic heterocycles. The summed E-state index contributed by atoms with van der Waals surface area (Å²) < 4.78 is 10.5. The maximum Gasteiger partial charge on any atom is 0.227 e. The molecule has 1 heterocycles. The fraction of sp³-hybridized carbons (Fsp3) is 0.333. The number of carbonyl (C=O) groups is 1. The molecule has 30 heavy (non-hydrogen) atoms. The van der Waals surface area contributed by atoms with E-state index in [4.69, 9.17) is 9.26 Å². The number of nitrogens with zero attached hydrogens (tertiary/aromatic N) is 3. The van der Waals surface area contributed by atoms with Crippen LogP contribution in [0.1, 0.15) is 29.0 Å². The maximum absolute atomic E-state index is 13.2. The van der Waals surface area contributed by atoms with Gasteiger partial charge in [-0.05, 0) is 62.2 Å². The van der Waals surface area contributed by atoms with E-state index in [9.17, 15) is 4.79 Å². The predicted octanol–water partition coefficient (Wildman–Crippen LogP) is 4.53. The molecule has 0 unspecified atom stereocenters. The van der Waals surface area contributed by atoms with Crippen molar-refractivity contribution < 1.29 is 14.1 Å². The van der Waals surface area contributed by atoms with E-state index in [0.717, 1.165) is 39.7 Å². The van der Waals surface area contributed by atoms with Gasteiger partial charge in [-0.15, -0.1) is 0 Å². The molecule has 0 bridgehead atoms. The summed E-state index contributed by atoms with van der Waals surface area (Å²) >= 11 is 0. The van der Waals surface area contributed by atoms with Gasteiger partial charge in [0, 0.05) is 37.5 Å². The van der Waals surface area contributed by atoms with E-state index in [1.165, 1.54) is 0 Å². The number of methoxy groups -OCH3 is 1. The zero-order chi connectivity index (χ0) is 21.7. The molecule has 3 aromatic rings. The summed E-state index contributed by atoms with van der Waals surface area (Å²) in [6.45, 7) is 4.29. The summed E-state index contributed by atoms with van der Waals surface area (Å²) in [6.07, 6.45) is 0.983. The van der Waals surface area contributed by atoms with Crippen LogP contribution in [0.3, 0.4) is 0 Å². The minimum absolute atomic E-state index is 0.0526. The van der Waals surface area contributed by atoms with Crippen LogP contribution in [-0.4, -0.2) is 32.3 Å². The number of ether oxygens (including phenoxy) is 1. The Kier molecular flexibility index (Phi) is 6.77. The zero-order valence-electron chi connectivity index (χ0n) is 18.3. The Labute approximate surface area is 178 Å². The highest BCUT2D eigenvalue weighted by molar-refractivity contribution is 5.93. The number of aryl methyl sites for hydroxylation is 2. The van der Waals surface area contributed by atoms with Gasteiger partial charge in [0.2, 0.25) is 5.91 Å². The second kappa shape index (κ2) is 9.48. The minimum atomic E-state index is 0.0526. The van der Waals surface area contributed by atoms with Crippen LogP contribution < -0.4 is 14.5 Å². The molecular weight excluding hydrogens is 378 g/mol. The SMILES string of the molecule is COc1ccc(N(Cc2ccc(N(C)C)cc2)C(=O)CCc2c(C)noc2C)cc1. The van der Waals surface area contributed by atoms with Gasteiger partial charge in [-0.2, -0.15) is 0 Å². The van der Waals surface area contributed by atoms with Gasteiger partial charge < -0.3 is 19.1 Å². The normalized spacial score (nSPS) is 10.7. The number of hydrogen-bond donors (Lipinski definition) is 0. The van der Waals surface area contributed by atoms with Crippen molar-refractivity contribution in [1.82, 2.24) is 5.16 Å². The first-order valence-electron chi connectivity index (χ1n) is 10.0. The zero-order valence-corrected chi connectivity index (χ0v) is 18.3. The Bertz CT molecular complexity index is 956. The summed E-state index contributed by atoms with van der Waals surface area (Å²) in [7, 11) is 5.65. The van der Waals surface area contributed by atoms with Gasteiger partial charge in [0.25, 0.3) is 0 Å². The van der Waals surface area contributed by atoms with E-state index in [1.807, 2.05) is 57.1 Å². The summed E-state index contributed by atoms with van der Waals surface area (Å²) in [5, 5.41) is 3.99. The van der Waals surface area contributed by atoms with Gasteiger partial charge in [0.1, 0.15) is 11.5 Å². The molecule has 0 radical (unpaired) electrons. The van der Waals surface area contributed by atoms with E-state index < -0.39 is 0 Å². The largest absolute Gasteiger partial charge is 0.497 e. The number of benzene rings is 2. The number of rotatable bonds is 8. The molecule has 158 valence electrons. The lowest BCUT2D eigenvalue weighted by atomic mass is 10.1. The molecular formula is C24H29N3O3.